The Bertz CT molecular complexity index is 518. The first-order valence-corrected chi connectivity index (χ1v) is 8.52. The Balaban J connectivity index is 1.88. The molecular formula is C18H27N3O3. The van der Waals surface area contributed by atoms with E-state index in [-0.39, 0.29) is 17.7 Å². The molecule has 2 unspecified atom stereocenters. The number of carbonyl (C=O) groups is 2. The summed E-state index contributed by atoms with van der Waals surface area (Å²) < 4.78 is 5.25. The second kappa shape index (κ2) is 8.80. The van der Waals surface area contributed by atoms with Gasteiger partial charge in [0, 0.05) is 18.8 Å². The average molecular weight is 333 g/mol. The van der Waals surface area contributed by atoms with Gasteiger partial charge in [0.15, 0.2) is 0 Å². The van der Waals surface area contributed by atoms with Gasteiger partial charge < -0.3 is 20.7 Å². The van der Waals surface area contributed by atoms with E-state index in [4.69, 9.17) is 10.5 Å². The Morgan fingerprint density at radius 1 is 1.25 bits per heavy atom. The van der Waals surface area contributed by atoms with Crippen LogP contribution in [0.5, 0.6) is 0 Å². The summed E-state index contributed by atoms with van der Waals surface area (Å²) in [6, 6.07) is 6.83. The third-order valence-electron chi connectivity index (χ3n) is 4.50. The molecule has 24 heavy (non-hydrogen) atoms. The Morgan fingerprint density at radius 3 is 2.46 bits per heavy atom. The first-order valence-electron chi connectivity index (χ1n) is 8.52. The van der Waals surface area contributed by atoms with Crippen molar-refractivity contribution in [3.05, 3.63) is 29.8 Å². The topological polar surface area (TPSA) is 84.7 Å². The number of ether oxygens (including phenoxy) is 1. The van der Waals surface area contributed by atoms with Gasteiger partial charge in [0.2, 0.25) is 11.8 Å². The zero-order valence-electron chi connectivity index (χ0n) is 14.5. The minimum atomic E-state index is -0.516. The molecule has 0 radical (unpaired) electrons. The van der Waals surface area contributed by atoms with Crippen molar-refractivity contribution < 1.29 is 14.3 Å². The highest BCUT2D eigenvalue weighted by Crippen LogP contribution is 2.13. The Hall–Kier alpha value is -1.92. The number of rotatable bonds is 6. The molecule has 1 aliphatic rings. The minimum Gasteiger partial charge on any atom is -0.378 e. The van der Waals surface area contributed by atoms with Crippen molar-refractivity contribution in [1.29, 1.82) is 0 Å². The Labute approximate surface area is 143 Å². The van der Waals surface area contributed by atoms with Gasteiger partial charge in [0.1, 0.15) is 0 Å². The highest BCUT2D eigenvalue weighted by Gasteiger charge is 2.20. The molecule has 1 saturated heterocycles. The van der Waals surface area contributed by atoms with Crippen molar-refractivity contribution in [2.45, 2.75) is 32.7 Å². The number of anilines is 1. The molecular weight excluding hydrogens is 306 g/mol. The summed E-state index contributed by atoms with van der Waals surface area (Å²) in [6.07, 6.45) is 1.22. The van der Waals surface area contributed by atoms with Gasteiger partial charge in [0.05, 0.1) is 25.7 Å². The van der Waals surface area contributed by atoms with Crippen LogP contribution < -0.4 is 11.1 Å². The molecule has 2 rings (SSSR count). The summed E-state index contributed by atoms with van der Waals surface area (Å²) in [6.45, 7) is 6.49. The summed E-state index contributed by atoms with van der Waals surface area (Å²) in [5.41, 5.74) is 7.55. The van der Waals surface area contributed by atoms with Gasteiger partial charge in [0.25, 0.3) is 0 Å². The van der Waals surface area contributed by atoms with Crippen molar-refractivity contribution >= 4 is 17.5 Å². The van der Waals surface area contributed by atoms with Crippen LogP contribution in [-0.2, 0) is 20.7 Å². The van der Waals surface area contributed by atoms with Crippen molar-refractivity contribution in [2.24, 2.45) is 11.7 Å². The van der Waals surface area contributed by atoms with Crippen LogP contribution in [0.15, 0.2) is 24.3 Å². The van der Waals surface area contributed by atoms with E-state index < -0.39 is 6.04 Å². The number of hydrogen-bond acceptors (Lipinski definition) is 4. The monoisotopic (exact) mass is 333 g/mol. The van der Waals surface area contributed by atoms with E-state index in [1.54, 1.807) is 0 Å². The molecule has 0 saturated carbocycles. The van der Waals surface area contributed by atoms with Crippen molar-refractivity contribution in [2.75, 3.05) is 31.6 Å². The van der Waals surface area contributed by atoms with Crippen molar-refractivity contribution in [3.8, 4) is 0 Å². The summed E-state index contributed by atoms with van der Waals surface area (Å²) in [5.74, 6) is 0.0609. The molecule has 1 aliphatic heterocycles. The Kier molecular flexibility index (Phi) is 6.75. The summed E-state index contributed by atoms with van der Waals surface area (Å²) in [5, 5.41) is 2.83. The number of morpholine rings is 1. The molecule has 3 N–H and O–H groups in total. The number of carbonyl (C=O) groups excluding carboxylic acids is 2. The van der Waals surface area contributed by atoms with E-state index in [1.165, 1.54) is 0 Å². The van der Waals surface area contributed by atoms with E-state index in [1.807, 2.05) is 43.0 Å². The smallest absolute Gasteiger partial charge is 0.241 e. The van der Waals surface area contributed by atoms with E-state index in [0.717, 1.165) is 12.0 Å². The van der Waals surface area contributed by atoms with Gasteiger partial charge in [-0.2, -0.15) is 0 Å². The van der Waals surface area contributed by atoms with E-state index in [9.17, 15) is 9.59 Å². The fourth-order valence-corrected chi connectivity index (χ4v) is 2.54. The second-order valence-corrected chi connectivity index (χ2v) is 6.27. The lowest BCUT2D eigenvalue weighted by atomic mass is 9.99. The standard InChI is InChI=1S/C18H27N3O3/c1-3-13(2)17(19)18(23)20-15-6-4-14(5-7-15)12-16(22)21-8-10-24-11-9-21/h4-7,13,17H,3,8-12,19H2,1-2H3,(H,20,23). The van der Waals surface area contributed by atoms with E-state index in [0.29, 0.717) is 38.4 Å². The summed E-state index contributed by atoms with van der Waals surface area (Å²) in [4.78, 5) is 26.1. The van der Waals surface area contributed by atoms with Crippen LogP contribution in [0.3, 0.4) is 0 Å². The van der Waals surface area contributed by atoms with Crippen LogP contribution in [0.25, 0.3) is 0 Å². The highest BCUT2D eigenvalue weighted by molar-refractivity contribution is 5.94. The third kappa shape index (κ3) is 5.04. The molecule has 2 amide bonds. The molecule has 0 bridgehead atoms. The van der Waals surface area contributed by atoms with Crippen LogP contribution in [-0.4, -0.2) is 49.1 Å². The van der Waals surface area contributed by atoms with E-state index in [2.05, 4.69) is 5.32 Å². The molecule has 0 aliphatic carbocycles. The van der Waals surface area contributed by atoms with Crippen LogP contribution in [0.1, 0.15) is 25.8 Å². The number of benzene rings is 1. The average Bonchev–Trinajstić information content (AvgIpc) is 2.62. The molecule has 2 atom stereocenters. The quantitative estimate of drug-likeness (QED) is 0.824. The number of amides is 2. The maximum Gasteiger partial charge on any atom is 0.241 e. The fourth-order valence-electron chi connectivity index (χ4n) is 2.54. The number of nitrogens with two attached hydrogens (primary N) is 1. The molecule has 1 aromatic carbocycles. The number of nitrogens with one attached hydrogen (secondary N) is 1. The summed E-state index contributed by atoms with van der Waals surface area (Å²) >= 11 is 0. The molecule has 132 valence electrons. The zero-order valence-corrected chi connectivity index (χ0v) is 14.5. The van der Waals surface area contributed by atoms with Gasteiger partial charge in [-0.05, 0) is 23.6 Å². The first-order chi connectivity index (χ1) is 11.5. The normalized spacial score (nSPS) is 17.2. The van der Waals surface area contributed by atoms with Gasteiger partial charge in [-0.25, -0.2) is 0 Å². The van der Waals surface area contributed by atoms with Crippen molar-refractivity contribution in [1.82, 2.24) is 4.90 Å². The van der Waals surface area contributed by atoms with Crippen molar-refractivity contribution in [3.63, 3.8) is 0 Å². The van der Waals surface area contributed by atoms with Crippen LogP contribution >= 0.6 is 0 Å². The zero-order chi connectivity index (χ0) is 17.5. The summed E-state index contributed by atoms with van der Waals surface area (Å²) in [7, 11) is 0. The first kappa shape index (κ1) is 18.4. The fraction of sp³-hybridized carbons (Fsp3) is 0.556. The molecule has 6 nitrogen and oxygen atoms in total. The maximum atomic E-state index is 12.2. The highest BCUT2D eigenvalue weighted by atomic mass is 16.5. The molecule has 1 fully saturated rings. The molecule has 0 aromatic heterocycles. The number of nitrogens with zero attached hydrogens (tertiary/aromatic N) is 1. The van der Waals surface area contributed by atoms with Gasteiger partial charge in [-0.15, -0.1) is 0 Å². The van der Waals surface area contributed by atoms with E-state index >= 15 is 0 Å². The molecule has 1 aromatic rings. The lowest BCUT2D eigenvalue weighted by Gasteiger charge is -2.26. The lowest BCUT2D eigenvalue weighted by molar-refractivity contribution is -0.134. The van der Waals surface area contributed by atoms with Gasteiger partial charge in [-0.3, -0.25) is 9.59 Å². The SMILES string of the molecule is CCC(C)C(N)C(=O)Nc1ccc(CC(=O)N2CCOCC2)cc1. The minimum absolute atomic E-state index is 0.105. The maximum absolute atomic E-state index is 12.2. The van der Waals surface area contributed by atoms with Gasteiger partial charge >= 0.3 is 0 Å². The van der Waals surface area contributed by atoms with Crippen LogP contribution in [0.4, 0.5) is 5.69 Å². The predicted molar refractivity (Wildman–Crippen MR) is 93.6 cm³/mol. The van der Waals surface area contributed by atoms with Crippen LogP contribution in [0, 0.1) is 5.92 Å². The largest absolute Gasteiger partial charge is 0.378 e. The third-order valence-corrected chi connectivity index (χ3v) is 4.50. The Morgan fingerprint density at radius 2 is 1.88 bits per heavy atom. The number of hydrogen-bond donors (Lipinski definition) is 2. The molecule has 6 heteroatoms. The predicted octanol–water partition coefficient (Wildman–Crippen LogP) is 1.40. The van der Waals surface area contributed by atoms with Gasteiger partial charge in [-0.1, -0.05) is 32.4 Å². The molecule has 0 spiro atoms. The molecule has 1 heterocycles. The van der Waals surface area contributed by atoms with Crippen LogP contribution in [0.2, 0.25) is 0 Å². The lowest BCUT2D eigenvalue weighted by Crippen LogP contribution is -2.41. The second-order valence-electron chi connectivity index (χ2n) is 6.27.